The largest absolute Gasteiger partial charge is 0.497 e. The van der Waals surface area contributed by atoms with E-state index in [9.17, 15) is 4.79 Å². The lowest BCUT2D eigenvalue weighted by Gasteiger charge is -2.14. The highest BCUT2D eigenvalue weighted by molar-refractivity contribution is 7.16. The van der Waals surface area contributed by atoms with Gasteiger partial charge in [-0.25, -0.2) is 15.0 Å². The number of hydrogen-bond donors (Lipinski definition) is 0. The summed E-state index contributed by atoms with van der Waals surface area (Å²) in [5.41, 5.74) is 2.80. The van der Waals surface area contributed by atoms with Crippen LogP contribution in [0.2, 0.25) is 0 Å². The van der Waals surface area contributed by atoms with Crippen LogP contribution in [-0.2, 0) is 0 Å². The Bertz CT molecular complexity index is 1330. The first kappa shape index (κ1) is 23.9. The number of nitrogens with zero attached hydrogens (tertiary/aromatic N) is 3. The third-order valence-electron chi connectivity index (χ3n) is 5.16. The standard InChI is InChI=1S/C26H23N3O5S/c1-31-19-7-5-16(6-8-19)20(30)9-10-23-29-24(26(35-23)18-13-27-15-28-14-18)17-11-21(32-2)25(34-4)22(12-17)33-3/h5-15H,1-4H3/b10-9+. The maximum Gasteiger partial charge on any atom is 0.203 e. The summed E-state index contributed by atoms with van der Waals surface area (Å²) in [5, 5.41) is 0.648. The number of rotatable bonds is 9. The monoisotopic (exact) mass is 489 g/mol. The molecule has 0 atom stereocenters. The summed E-state index contributed by atoms with van der Waals surface area (Å²) in [6.07, 6.45) is 8.12. The van der Waals surface area contributed by atoms with E-state index in [1.807, 2.05) is 12.1 Å². The van der Waals surface area contributed by atoms with E-state index < -0.39 is 0 Å². The second kappa shape index (κ2) is 10.8. The Hall–Kier alpha value is -4.24. The zero-order chi connectivity index (χ0) is 24.8. The predicted octanol–water partition coefficient (Wildman–Crippen LogP) is 5.20. The molecule has 2 aromatic carbocycles. The van der Waals surface area contributed by atoms with Gasteiger partial charge in [-0.1, -0.05) is 0 Å². The highest BCUT2D eigenvalue weighted by Crippen LogP contribution is 2.44. The molecule has 0 spiro atoms. The van der Waals surface area contributed by atoms with Crippen LogP contribution >= 0.6 is 11.3 Å². The van der Waals surface area contributed by atoms with Gasteiger partial charge in [0.2, 0.25) is 5.75 Å². The zero-order valence-electron chi connectivity index (χ0n) is 19.6. The summed E-state index contributed by atoms with van der Waals surface area (Å²) in [6.45, 7) is 0. The average molecular weight is 490 g/mol. The summed E-state index contributed by atoms with van der Waals surface area (Å²) >= 11 is 1.42. The van der Waals surface area contributed by atoms with Crippen LogP contribution < -0.4 is 18.9 Å². The second-order valence-corrected chi connectivity index (χ2v) is 8.23. The van der Waals surface area contributed by atoms with E-state index in [1.165, 1.54) is 23.7 Å². The molecular weight excluding hydrogens is 466 g/mol. The lowest BCUT2D eigenvalue weighted by molar-refractivity contribution is 0.104. The average Bonchev–Trinajstić information content (AvgIpc) is 3.35. The Balaban J connectivity index is 1.76. The molecule has 9 heteroatoms. The lowest BCUT2D eigenvalue weighted by Crippen LogP contribution is -1.96. The second-order valence-electron chi connectivity index (χ2n) is 7.20. The van der Waals surface area contributed by atoms with Crippen LogP contribution in [0.1, 0.15) is 15.4 Å². The van der Waals surface area contributed by atoms with Gasteiger partial charge in [0.05, 0.1) is 39.0 Å². The summed E-state index contributed by atoms with van der Waals surface area (Å²) in [4.78, 5) is 26.6. The quantitative estimate of drug-likeness (QED) is 0.234. The Morgan fingerprint density at radius 3 is 2.09 bits per heavy atom. The van der Waals surface area contributed by atoms with Gasteiger partial charge in [-0.3, -0.25) is 4.79 Å². The Morgan fingerprint density at radius 2 is 1.51 bits per heavy atom. The molecule has 4 aromatic rings. The third-order valence-corrected chi connectivity index (χ3v) is 6.23. The molecule has 2 aromatic heterocycles. The highest BCUT2D eigenvalue weighted by atomic mass is 32.1. The van der Waals surface area contributed by atoms with Crippen molar-refractivity contribution in [1.29, 1.82) is 0 Å². The van der Waals surface area contributed by atoms with Gasteiger partial charge in [-0.05, 0) is 48.6 Å². The molecule has 0 saturated heterocycles. The van der Waals surface area contributed by atoms with Crippen molar-refractivity contribution in [2.75, 3.05) is 28.4 Å². The first-order valence-electron chi connectivity index (χ1n) is 10.5. The third kappa shape index (κ3) is 5.15. The van der Waals surface area contributed by atoms with Gasteiger partial charge in [0.15, 0.2) is 17.3 Å². The number of benzene rings is 2. The molecule has 0 unspecified atom stereocenters. The Labute approximate surface area is 206 Å². The molecule has 0 aliphatic carbocycles. The highest BCUT2D eigenvalue weighted by Gasteiger charge is 2.20. The van der Waals surface area contributed by atoms with Gasteiger partial charge in [-0.15, -0.1) is 11.3 Å². The smallest absolute Gasteiger partial charge is 0.203 e. The normalized spacial score (nSPS) is 10.9. The molecule has 0 N–H and O–H groups in total. The van der Waals surface area contributed by atoms with Crippen molar-refractivity contribution in [3.8, 4) is 44.7 Å². The maximum absolute atomic E-state index is 12.7. The number of ether oxygens (including phenoxy) is 4. The lowest BCUT2D eigenvalue weighted by atomic mass is 10.1. The maximum atomic E-state index is 12.7. The summed E-state index contributed by atoms with van der Waals surface area (Å²) < 4.78 is 21.6. The zero-order valence-corrected chi connectivity index (χ0v) is 20.5. The first-order chi connectivity index (χ1) is 17.1. The molecule has 0 aliphatic rings. The minimum atomic E-state index is -0.137. The van der Waals surface area contributed by atoms with Crippen molar-refractivity contribution in [2.45, 2.75) is 0 Å². The SMILES string of the molecule is COc1ccc(C(=O)/C=C/c2nc(-c3cc(OC)c(OC)c(OC)c3)c(-c3cncnc3)s2)cc1. The molecule has 178 valence electrons. The van der Waals surface area contributed by atoms with E-state index in [-0.39, 0.29) is 5.78 Å². The predicted molar refractivity (Wildman–Crippen MR) is 135 cm³/mol. The van der Waals surface area contributed by atoms with E-state index in [4.69, 9.17) is 23.9 Å². The molecule has 0 aliphatic heterocycles. The van der Waals surface area contributed by atoms with Crippen LogP contribution in [-0.4, -0.2) is 49.2 Å². The van der Waals surface area contributed by atoms with E-state index in [1.54, 1.807) is 71.2 Å². The van der Waals surface area contributed by atoms with Gasteiger partial charge in [0.25, 0.3) is 0 Å². The summed E-state index contributed by atoms with van der Waals surface area (Å²) in [5.74, 6) is 2.06. The van der Waals surface area contributed by atoms with Gasteiger partial charge in [0.1, 0.15) is 17.1 Å². The van der Waals surface area contributed by atoms with Crippen molar-refractivity contribution in [2.24, 2.45) is 0 Å². The summed E-state index contributed by atoms with van der Waals surface area (Å²) in [7, 11) is 6.26. The van der Waals surface area contributed by atoms with Crippen LogP contribution in [0.25, 0.3) is 27.8 Å². The van der Waals surface area contributed by atoms with Gasteiger partial charge < -0.3 is 18.9 Å². The van der Waals surface area contributed by atoms with E-state index in [2.05, 4.69) is 9.97 Å². The molecule has 0 bridgehead atoms. The van der Waals surface area contributed by atoms with E-state index in [0.717, 1.165) is 16.0 Å². The fourth-order valence-corrected chi connectivity index (χ4v) is 4.40. The molecule has 0 saturated carbocycles. The van der Waals surface area contributed by atoms with Crippen LogP contribution in [0.5, 0.6) is 23.0 Å². The number of hydrogen-bond acceptors (Lipinski definition) is 9. The molecule has 2 heterocycles. The van der Waals surface area contributed by atoms with Gasteiger partial charge in [-0.2, -0.15) is 0 Å². The molecule has 4 rings (SSSR count). The number of carbonyl (C=O) groups is 1. The summed E-state index contributed by atoms with van der Waals surface area (Å²) in [6, 6.07) is 10.6. The van der Waals surface area contributed by atoms with Crippen molar-refractivity contribution in [3.63, 3.8) is 0 Å². The fraction of sp³-hybridized carbons (Fsp3) is 0.154. The van der Waals surface area contributed by atoms with E-state index >= 15 is 0 Å². The topological polar surface area (TPSA) is 92.7 Å². The van der Waals surface area contributed by atoms with Crippen LogP contribution in [0.3, 0.4) is 0 Å². The molecule has 35 heavy (non-hydrogen) atoms. The Morgan fingerprint density at radius 1 is 0.857 bits per heavy atom. The molecule has 0 amide bonds. The number of allylic oxidation sites excluding steroid dienone is 1. The Kier molecular flexibility index (Phi) is 7.37. The number of aromatic nitrogens is 3. The van der Waals surface area contributed by atoms with Crippen molar-refractivity contribution in [1.82, 2.24) is 15.0 Å². The number of carbonyl (C=O) groups excluding carboxylic acids is 1. The van der Waals surface area contributed by atoms with Gasteiger partial charge >= 0.3 is 0 Å². The van der Waals surface area contributed by atoms with Crippen LogP contribution in [0, 0.1) is 0 Å². The minimum Gasteiger partial charge on any atom is -0.497 e. The van der Waals surface area contributed by atoms with Crippen molar-refractivity contribution < 1.29 is 23.7 Å². The van der Waals surface area contributed by atoms with E-state index in [0.29, 0.717) is 39.3 Å². The molecule has 0 fully saturated rings. The fourth-order valence-electron chi connectivity index (χ4n) is 3.43. The molecular formula is C26H23N3O5S. The first-order valence-corrected chi connectivity index (χ1v) is 11.3. The minimum absolute atomic E-state index is 0.137. The number of ketones is 1. The molecule has 8 nitrogen and oxygen atoms in total. The number of thiazole rings is 1. The van der Waals surface area contributed by atoms with Crippen molar-refractivity contribution in [3.05, 3.63) is 71.8 Å². The molecule has 0 radical (unpaired) electrons. The van der Waals surface area contributed by atoms with Crippen LogP contribution in [0.15, 0.2) is 61.2 Å². The van der Waals surface area contributed by atoms with Crippen LogP contribution in [0.4, 0.5) is 0 Å². The van der Waals surface area contributed by atoms with Crippen molar-refractivity contribution >= 4 is 23.2 Å². The van der Waals surface area contributed by atoms with Gasteiger partial charge in [0, 0.05) is 29.1 Å². The number of methoxy groups -OCH3 is 4.